The number of hydrogen-bond acceptors (Lipinski definition) is 5. The molecular formula is C17H17FN6O3. The predicted molar refractivity (Wildman–Crippen MR) is 90.4 cm³/mol. The average Bonchev–Trinajstić information content (AvgIpc) is 3.22. The van der Waals surface area contributed by atoms with E-state index >= 15 is 0 Å². The molecule has 0 spiro atoms. The van der Waals surface area contributed by atoms with Gasteiger partial charge in [-0.05, 0) is 36.6 Å². The van der Waals surface area contributed by atoms with E-state index in [0.29, 0.717) is 18.0 Å². The Morgan fingerprint density at radius 2 is 2.04 bits per heavy atom. The largest absolute Gasteiger partial charge is 0.348 e. The molecule has 2 fully saturated rings. The van der Waals surface area contributed by atoms with Gasteiger partial charge in [-0.1, -0.05) is 12.8 Å². The number of nitrogens with zero attached hydrogens (tertiary/aromatic N) is 3. The first kappa shape index (κ1) is 17.1. The van der Waals surface area contributed by atoms with E-state index in [1.54, 1.807) is 0 Å². The zero-order chi connectivity index (χ0) is 19.0. The number of aromatic nitrogens is 3. The zero-order valence-electron chi connectivity index (χ0n) is 14.2. The van der Waals surface area contributed by atoms with Gasteiger partial charge in [0.25, 0.3) is 11.8 Å². The summed E-state index contributed by atoms with van der Waals surface area (Å²) in [6, 6.07) is 4.94. The summed E-state index contributed by atoms with van der Waals surface area (Å²) in [5, 5.41) is 15.6. The van der Waals surface area contributed by atoms with Gasteiger partial charge in [0.2, 0.25) is 0 Å². The molecule has 0 radical (unpaired) electrons. The maximum Gasteiger partial charge on any atom is 0.322 e. The van der Waals surface area contributed by atoms with Crippen LogP contribution >= 0.6 is 0 Å². The molecule has 2 heterocycles. The minimum atomic E-state index is -1.14. The molecule has 2 aromatic rings. The van der Waals surface area contributed by atoms with Crippen LogP contribution in [0.15, 0.2) is 30.5 Å². The molecule has 2 aliphatic rings. The van der Waals surface area contributed by atoms with E-state index < -0.39 is 23.4 Å². The topological polar surface area (TPSA) is 118 Å². The van der Waals surface area contributed by atoms with Gasteiger partial charge >= 0.3 is 6.03 Å². The summed E-state index contributed by atoms with van der Waals surface area (Å²) >= 11 is 0. The van der Waals surface area contributed by atoms with Crippen molar-refractivity contribution in [3.63, 3.8) is 0 Å². The van der Waals surface area contributed by atoms with Crippen molar-refractivity contribution < 1.29 is 18.8 Å². The Labute approximate surface area is 153 Å². The molecule has 4 amide bonds. The lowest BCUT2D eigenvalue weighted by Gasteiger charge is -2.26. The van der Waals surface area contributed by atoms with E-state index in [4.69, 9.17) is 0 Å². The minimum absolute atomic E-state index is 0.0384. The molecule has 1 aromatic heterocycles. The summed E-state index contributed by atoms with van der Waals surface area (Å²) in [5.74, 6) is -0.978. The lowest BCUT2D eigenvalue weighted by molar-refractivity contribution is -0.124. The number of carbonyl (C=O) groups excluding carboxylic acids is 3. The first-order valence-corrected chi connectivity index (χ1v) is 8.55. The zero-order valence-corrected chi connectivity index (χ0v) is 14.2. The number of urea groups is 1. The molecule has 1 unspecified atom stereocenters. The van der Waals surface area contributed by atoms with Gasteiger partial charge in [0.05, 0.1) is 18.4 Å². The number of hydrogen-bond donors (Lipinski definition) is 3. The molecule has 9 nitrogen and oxygen atoms in total. The van der Waals surface area contributed by atoms with E-state index in [9.17, 15) is 18.8 Å². The maximum absolute atomic E-state index is 13.0. The molecule has 3 N–H and O–H groups in total. The van der Waals surface area contributed by atoms with Crippen LogP contribution in [0.2, 0.25) is 0 Å². The van der Waals surface area contributed by atoms with Gasteiger partial charge < -0.3 is 10.6 Å². The Kier molecular flexibility index (Phi) is 4.09. The summed E-state index contributed by atoms with van der Waals surface area (Å²) in [7, 11) is 0. The van der Waals surface area contributed by atoms with Crippen LogP contribution in [-0.2, 0) is 4.79 Å². The highest BCUT2D eigenvalue weighted by molar-refractivity contribution is 6.07. The summed E-state index contributed by atoms with van der Waals surface area (Å²) in [4.78, 5) is 37.4. The van der Waals surface area contributed by atoms with Gasteiger partial charge in [-0.3, -0.25) is 14.9 Å². The van der Waals surface area contributed by atoms with Gasteiger partial charge in [-0.15, -0.1) is 5.10 Å². The molecule has 1 saturated heterocycles. The van der Waals surface area contributed by atoms with Crippen molar-refractivity contribution >= 4 is 17.8 Å². The van der Waals surface area contributed by atoms with Gasteiger partial charge in [0.15, 0.2) is 5.69 Å². The van der Waals surface area contributed by atoms with Crippen molar-refractivity contribution in [3.05, 3.63) is 42.0 Å². The lowest BCUT2D eigenvalue weighted by Crippen LogP contribution is -2.55. The van der Waals surface area contributed by atoms with Gasteiger partial charge in [-0.2, -0.15) is 9.90 Å². The molecule has 27 heavy (non-hydrogen) atoms. The normalized spacial score (nSPS) is 21.7. The van der Waals surface area contributed by atoms with Crippen molar-refractivity contribution in [2.45, 2.75) is 24.8 Å². The third-order valence-electron chi connectivity index (χ3n) is 4.68. The Balaban J connectivity index is 1.45. The van der Waals surface area contributed by atoms with E-state index in [0.717, 1.165) is 12.8 Å². The van der Waals surface area contributed by atoms with E-state index in [1.165, 1.54) is 35.3 Å². The third kappa shape index (κ3) is 3.50. The maximum atomic E-state index is 13.0. The number of imide groups is 1. The molecule has 1 aromatic carbocycles. The quantitative estimate of drug-likeness (QED) is 0.639. The molecule has 1 atom stereocenters. The van der Waals surface area contributed by atoms with Crippen LogP contribution in [0.4, 0.5) is 9.18 Å². The van der Waals surface area contributed by atoms with E-state index in [2.05, 4.69) is 26.1 Å². The first-order valence-electron chi connectivity index (χ1n) is 8.55. The Hall–Kier alpha value is -3.30. The van der Waals surface area contributed by atoms with Crippen LogP contribution in [0.1, 0.15) is 29.8 Å². The van der Waals surface area contributed by atoms with Crippen LogP contribution in [-0.4, -0.2) is 44.9 Å². The Bertz CT molecular complexity index is 908. The molecule has 0 bridgehead atoms. The van der Waals surface area contributed by atoms with Crippen molar-refractivity contribution in [2.24, 2.45) is 5.92 Å². The van der Waals surface area contributed by atoms with Crippen LogP contribution in [0.5, 0.6) is 0 Å². The second-order valence-corrected chi connectivity index (χ2v) is 6.82. The SMILES string of the molecule is O=C1NC(=O)C(CNC(=O)c2cnn(-c3ccc(F)cc3)n2)(CC2CC2)N1. The number of carbonyl (C=O) groups is 3. The number of amides is 4. The number of halogens is 1. The Morgan fingerprint density at radius 1 is 1.30 bits per heavy atom. The Morgan fingerprint density at radius 3 is 2.67 bits per heavy atom. The van der Waals surface area contributed by atoms with Crippen LogP contribution in [0.25, 0.3) is 5.69 Å². The lowest BCUT2D eigenvalue weighted by atomic mass is 9.92. The molecule has 1 aliphatic carbocycles. The van der Waals surface area contributed by atoms with E-state index in [-0.39, 0.29) is 18.1 Å². The van der Waals surface area contributed by atoms with Crippen molar-refractivity contribution in [3.8, 4) is 5.69 Å². The van der Waals surface area contributed by atoms with Crippen molar-refractivity contribution in [2.75, 3.05) is 6.54 Å². The van der Waals surface area contributed by atoms with Gasteiger partial charge in [0.1, 0.15) is 11.4 Å². The fourth-order valence-corrected chi connectivity index (χ4v) is 3.07. The number of nitrogens with one attached hydrogen (secondary N) is 3. The number of rotatable bonds is 6. The highest BCUT2D eigenvalue weighted by atomic mass is 19.1. The molecule has 1 aliphatic heterocycles. The summed E-state index contributed by atoms with van der Waals surface area (Å²) in [6.45, 7) is -0.0384. The predicted octanol–water partition coefficient (Wildman–Crippen LogP) is 0.514. The van der Waals surface area contributed by atoms with Crippen LogP contribution in [0.3, 0.4) is 0 Å². The smallest absolute Gasteiger partial charge is 0.322 e. The van der Waals surface area contributed by atoms with Gasteiger partial charge in [-0.25, -0.2) is 9.18 Å². The second kappa shape index (κ2) is 6.45. The monoisotopic (exact) mass is 372 g/mol. The second-order valence-electron chi connectivity index (χ2n) is 6.82. The fraction of sp³-hybridized carbons (Fsp3) is 0.353. The minimum Gasteiger partial charge on any atom is -0.348 e. The molecule has 10 heteroatoms. The highest BCUT2D eigenvalue weighted by Gasteiger charge is 2.49. The first-order chi connectivity index (χ1) is 12.9. The summed E-state index contributed by atoms with van der Waals surface area (Å²) < 4.78 is 13.0. The molecule has 140 valence electrons. The van der Waals surface area contributed by atoms with E-state index in [1.807, 2.05) is 0 Å². The molecular weight excluding hydrogens is 355 g/mol. The van der Waals surface area contributed by atoms with Crippen LogP contribution < -0.4 is 16.0 Å². The van der Waals surface area contributed by atoms with Gasteiger partial charge in [0, 0.05) is 0 Å². The third-order valence-corrected chi connectivity index (χ3v) is 4.68. The average molecular weight is 372 g/mol. The van der Waals surface area contributed by atoms with Crippen molar-refractivity contribution in [1.82, 2.24) is 30.9 Å². The fourth-order valence-electron chi connectivity index (χ4n) is 3.07. The van der Waals surface area contributed by atoms with Crippen molar-refractivity contribution in [1.29, 1.82) is 0 Å². The highest BCUT2D eigenvalue weighted by Crippen LogP contribution is 2.37. The van der Waals surface area contributed by atoms with Crippen LogP contribution in [0, 0.1) is 11.7 Å². The number of benzene rings is 1. The standard InChI is InChI=1S/C17H17FN6O3/c18-11-3-5-12(6-4-11)24-20-8-13(23-24)14(25)19-9-17(7-10-1-2-10)15(26)21-16(27)22-17/h3-6,8,10H,1-2,7,9H2,(H,19,25)(H2,21,22,26,27). The molecule has 4 rings (SSSR count). The summed E-state index contributed by atoms with van der Waals surface area (Å²) in [5.41, 5.74) is -0.588. The molecule has 1 saturated carbocycles. The summed E-state index contributed by atoms with van der Waals surface area (Å²) in [6.07, 6.45) is 3.77.